The van der Waals surface area contributed by atoms with Crippen LogP contribution in [0.5, 0.6) is 5.75 Å². The van der Waals surface area contributed by atoms with Gasteiger partial charge in [-0.15, -0.1) is 0 Å². The van der Waals surface area contributed by atoms with E-state index in [0.29, 0.717) is 5.56 Å². The van der Waals surface area contributed by atoms with Crippen molar-refractivity contribution in [2.75, 3.05) is 5.73 Å². The molecule has 0 amide bonds. The summed E-state index contributed by atoms with van der Waals surface area (Å²) >= 11 is 0. The van der Waals surface area contributed by atoms with Crippen molar-refractivity contribution < 1.29 is 22.3 Å². The first-order valence-corrected chi connectivity index (χ1v) is 5.27. The van der Waals surface area contributed by atoms with E-state index in [1.165, 1.54) is 24.3 Å². The number of halogens is 4. The van der Waals surface area contributed by atoms with Gasteiger partial charge in [0, 0.05) is 0 Å². The minimum Gasteiger partial charge on any atom is -0.435 e. The second-order valence-electron chi connectivity index (χ2n) is 3.76. The summed E-state index contributed by atoms with van der Waals surface area (Å²) in [4.78, 5) is 0. The predicted molar refractivity (Wildman–Crippen MR) is 62.8 cm³/mol. The molecule has 0 unspecified atom stereocenters. The monoisotopic (exact) mass is 271 g/mol. The van der Waals surface area contributed by atoms with Gasteiger partial charge in [0.15, 0.2) is 0 Å². The molecule has 0 heterocycles. The number of hydrogen-bond donors (Lipinski definition) is 1. The molecule has 0 radical (unpaired) electrons. The Morgan fingerprint density at radius 2 is 1.58 bits per heavy atom. The number of alkyl halides is 2. The van der Waals surface area contributed by atoms with Crippen molar-refractivity contribution in [3.8, 4) is 16.9 Å². The molecule has 19 heavy (non-hydrogen) atoms. The highest BCUT2D eigenvalue weighted by atomic mass is 19.3. The van der Waals surface area contributed by atoms with Crippen molar-refractivity contribution in [1.29, 1.82) is 0 Å². The second-order valence-corrected chi connectivity index (χ2v) is 3.76. The Labute approximate surface area is 106 Å². The summed E-state index contributed by atoms with van der Waals surface area (Å²) in [6.45, 7) is -2.96. The molecule has 0 saturated carbocycles. The van der Waals surface area contributed by atoms with Crippen LogP contribution in [-0.2, 0) is 0 Å². The maximum absolute atomic E-state index is 13.3. The molecule has 0 bridgehead atoms. The van der Waals surface area contributed by atoms with Crippen molar-refractivity contribution >= 4 is 5.69 Å². The summed E-state index contributed by atoms with van der Waals surface area (Å²) < 4.78 is 55.0. The molecule has 0 atom stereocenters. The summed E-state index contributed by atoms with van der Waals surface area (Å²) in [6.07, 6.45) is 0. The van der Waals surface area contributed by atoms with E-state index in [9.17, 15) is 17.6 Å². The van der Waals surface area contributed by atoms with Crippen LogP contribution in [0.25, 0.3) is 11.1 Å². The van der Waals surface area contributed by atoms with Gasteiger partial charge < -0.3 is 10.5 Å². The van der Waals surface area contributed by atoms with Crippen LogP contribution in [0.4, 0.5) is 23.2 Å². The lowest BCUT2D eigenvalue weighted by Crippen LogP contribution is -2.01. The van der Waals surface area contributed by atoms with Gasteiger partial charge in [0.05, 0.1) is 0 Å². The zero-order valence-electron chi connectivity index (χ0n) is 9.54. The van der Waals surface area contributed by atoms with Gasteiger partial charge in [-0.3, -0.25) is 0 Å². The molecule has 2 N–H and O–H groups in total. The van der Waals surface area contributed by atoms with Crippen LogP contribution >= 0.6 is 0 Å². The third kappa shape index (κ3) is 2.96. The number of ether oxygens (including phenoxy) is 1. The molecule has 0 aliphatic rings. The molecule has 2 aromatic carbocycles. The number of hydrogen-bond acceptors (Lipinski definition) is 2. The second kappa shape index (κ2) is 5.17. The van der Waals surface area contributed by atoms with Crippen LogP contribution in [0.2, 0.25) is 0 Å². The van der Waals surface area contributed by atoms with Gasteiger partial charge >= 0.3 is 6.61 Å². The summed E-state index contributed by atoms with van der Waals surface area (Å²) in [6, 6.07) is 7.60. The van der Waals surface area contributed by atoms with Crippen LogP contribution in [0.15, 0.2) is 36.4 Å². The quantitative estimate of drug-likeness (QED) is 0.680. The highest BCUT2D eigenvalue weighted by Gasteiger charge is 2.10. The Hall–Kier alpha value is -2.24. The standard InChI is InChI=1S/C13H9F4NO/c14-10-5-8(6-11(15)12(10)18)7-2-1-3-9(4-7)19-13(16)17/h1-6,13H,18H2. The average Bonchev–Trinajstić information content (AvgIpc) is 2.35. The highest BCUT2D eigenvalue weighted by molar-refractivity contribution is 5.67. The van der Waals surface area contributed by atoms with E-state index in [1.807, 2.05) is 0 Å². The van der Waals surface area contributed by atoms with E-state index in [1.54, 1.807) is 0 Å². The highest BCUT2D eigenvalue weighted by Crippen LogP contribution is 2.28. The Morgan fingerprint density at radius 3 is 2.16 bits per heavy atom. The molecule has 100 valence electrons. The average molecular weight is 271 g/mol. The molecule has 2 nitrogen and oxygen atoms in total. The fourth-order valence-electron chi connectivity index (χ4n) is 1.60. The molecule has 2 aromatic rings. The van der Waals surface area contributed by atoms with Crippen LogP contribution in [0.1, 0.15) is 0 Å². The van der Waals surface area contributed by atoms with Crippen LogP contribution in [0.3, 0.4) is 0 Å². The Bertz CT molecular complexity index is 578. The molecule has 6 heteroatoms. The maximum atomic E-state index is 13.3. The number of nitrogen functional groups attached to an aromatic ring is 1. The van der Waals surface area contributed by atoms with Crippen molar-refractivity contribution in [2.45, 2.75) is 6.61 Å². The van der Waals surface area contributed by atoms with E-state index in [2.05, 4.69) is 4.74 Å². The van der Waals surface area contributed by atoms with Gasteiger partial charge in [-0.25, -0.2) is 8.78 Å². The lowest BCUT2D eigenvalue weighted by atomic mass is 10.0. The van der Waals surface area contributed by atoms with E-state index in [-0.39, 0.29) is 11.3 Å². The van der Waals surface area contributed by atoms with Gasteiger partial charge in [0.1, 0.15) is 23.1 Å². The summed E-state index contributed by atoms with van der Waals surface area (Å²) in [7, 11) is 0. The topological polar surface area (TPSA) is 35.2 Å². The molecule has 0 spiro atoms. The first-order chi connectivity index (χ1) is 8.97. The number of anilines is 1. The van der Waals surface area contributed by atoms with Gasteiger partial charge in [0.2, 0.25) is 0 Å². The molecule has 0 aliphatic carbocycles. The fraction of sp³-hybridized carbons (Fsp3) is 0.0769. The SMILES string of the molecule is Nc1c(F)cc(-c2cccc(OC(F)F)c2)cc1F. The van der Waals surface area contributed by atoms with Crippen molar-refractivity contribution in [3.63, 3.8) is 0 Å². The van der Waals surface area contributed by atoms with E-state index >= 15 is 0 Å². The maximum Gasteiger partial charge on any atom is 0.387 e. The van der Waals surface area contributed by atoms with Gasteiger partial charge in [0.25, 0.3) is 0 Å². The Kier molecular flexibility index (Phi) is 3.59. The van der Waals surface area contributed by atoms with Crippen LogP contribution < -0.4 is 10.5 Å². The zero-order valence-corrected chi connectivity index (χ0v) is 9.54. The minimum atomic E-state index is -2.96. The molecule has 0 saturated heterocycles. The van der Waals surface area contributed by atoms with E-state index in [0.717, 1.165) is 12.1 Å². The molecular weight excluding hydrogens is 262 g/mol. The Morgan fingerprint density at radius 1 is 0.947 bits per heavy atom. The summed E-state index contributed by atoms with van der Waals surface area (Å²) in [5, 5.41) is 0. The number of benzene rings is 2. The minimum absolute atomic E-state index is 0.0925. The van der Waals surface area contributed by atoms with E-state index < -0.39 is 23.9 Å². The summed E-state index contributed by atoms with van der Waals surface area (Å²) in [5.41, 5.74) is 5.10. The fourth-order valence-corrected chi connectivity index (χ4v) is 1.60. The lowest BCUT2D eigenvalue weighted by Gasteiger charge is -2.08. The number of rotatable bonds is 3. The predicted octanol–water partition coefficient (Wildman–Crippen LogP) is 3.82. The molecule has 0 fully saturated rings. The first-order valence-electron chi connectivity index (χ1n) is 5.27. The summed E-state index contributed by atoms with van der Waals surface area (Å²) in [5.74, 6) is -1.91. The van der Waals surface area contributed by atoms with Crippen LogP contribution in [-0.4, -0.2) is 6.61 Å². The molecule has 0 aliphatic heterocycles. The third-order valence-corrected chi connectivity index (χ3v) is 2.47. The largest absolute Gasteiger partial charge is 0.435 e. The molecule has 0 aromatic heterocycles. The van der Waals surface area contributed by atoms with Gasteiger partial charge in [-0.2, -0.15) is 8.78 Å². The molecular formula is C13H9F4NO. The lowest BCUT2D eigenvalue weighted by molar-refractivity contribution is -0.0498. The normalized spacial score (nSPS) is 10.8. The van der Waals surface area contributed by atoms with Gasteiger partial charge in [-0.05, 0) is 35.4 Å². The van der Waals surface area contributed by atoms with Crippen molar-refractivity contribution in [3.05, 3.63) is 48.0 Å². The van der Waals surface area contributed by atoms with Crippen molar-refractivity contribution in [1.82, 2.24) is 0 Å². The van der Waals surface area contributed by atoms with Crippen molar-refractivity contribution in [2.24, 2.45) is 0 Å². The third-order valence-electron chi connectivity index (χ3n) is 2.47. The first kappa shape index (κ1) is 13.2. The van der Waals surface area contributed by atoms with Gasteiger partial charge in [-0.1, -0.05) is 12.1 Å². The molecule has 2 rings (SSSR count). The Balaban J connectivity index is 2.41. The number of nitrogens with two attached hydrogens (primary N) is 1. The smallest absolute Gasteiger partial charge is 0.387 e. The van der Waals surface area contributed by atoms with E-state index in [4.69, 9.17) is 5.73 Å². The zero-order chi connectivity index (χ0) is 14.0. The van der Waals surface area contributed by atoms with Crippen LogP contribution in [0, 0.1) is 11.6 Å².